The molecular formula is C21H23NO6S. The number of rotatable bonds is 6. The lowest BCUT2D eigenvalue weighted by Crippen LogP contribution is -2.40. The number of ketones is 1. The van der Waals surface area contributed by atoms with Crippen molar-refractivity contribution in [2.24, 2.45) is 0 Å². The van der Waals surface area contributed by atoms with Crippen LogP contribution in [-0.2, 0) is 19.5 Å². The zero-order valence-corrected chi connectivity index (χ0v) is 17.2. The first kappa shape index (κ1) is 21.2. The second-order valence-electron chi connectivity index (χ2n) is 6.86. The fraction of sp³-hybridized carbons (Fsp3) is 0.333. The number of Topliss-reactive ketones (excluding diaryl/α,β-unsaturated/α-hetero) is 1. The zero-order valence-electron chi connectivity index (χ0n) is 16.4. The molecule has 0 unspecified atom stereocenters. The molecule has 7 nitrogen and oxygen atoms in total. The van der Waals surface area contributed by atoms with Crippen molar-refractivity contribution in [1.29, 1.82) is 0 Å². The minimum Gasteiger partial charge on any atom is -0.454 e. The average molecular weight is 417 g/mol. The lowest BCUT2D eigenvalue weighted by atomic mass is 10.0. The number of hydrogen-bond donors (Lipinski definition) is 0. The van der Waals surface area contributed by atoms with E-state index >= 15 is 0 Å². The van der Waals surface area contributed by atoms with Crippen molar-refractivity contribution in [3.8, 4) is 0 Å². The van der Waals surface area contributed by atoms with Crippen molar-refractivity contribution in [3.05, 3.63) is 64.7 Å². The molecule has 154 valence electrons. The number of hydrogen-bond acceptors (Lipinski definition) is 6. The molecule has 0 aromatic heterocycles. The summed E-state index contributed by atoms with van der Waals surface area (Å²) >= 11 is 0. The van der Waals surface area contributed by atoms with E-state index in [1.807, 2.05) is 26.0 Å². The van der Waals surface area contributed by atoms with E-state index in [0.717, 1.165) is 11.1 Å². The number of esters is 1. The van der Waals surface area contributed by atoms with Gasteiger partial charge in [-0.05, 0) is 43.7 Å². The molecule has 1 saturated heterocycles. The molecule has 0 bridgehead atoms. The molecule has 0 amide bonds. The molecule has 0 saturated carbocycles. The maximum Gasteiger partial charge on any atom is 0.338 e. The third-order valence-electron chi connectivity index (χ3n) is 4.71. The van der Waals surface area contributed by atoms with Crippen LogP contribution in [0.25, 0.3) is 0 Å². The van der Waals surface area contributed by atoms with Crippen LogP contribution < -0.4 is 0 Å². The Morgan fingerprint density at radius 1 is 1.03 bits per heavy atom. The normalized spacial score (nSPS) is 15.1. The monoisotopic (exact) mass is 417 g/mol. The van der Waals surface area contributed by atoms with Gasteiger partial charge >= 0.3 is 5.97 Å². The van der Waals surface area contributed by atoms with Crippen LogP contribution in [0.15, 0.2) is 47.4 Å². The van der Waals surface area contributed by atoms with Crippen LogP contribution >= 0.6 is 0 Å². The Hall–Kier alpha value is -2.55. The first-order valence-corrected chi connectivity index (χ1v) is 10.7. The highest BCUT2D eigenvalue weighted by atomic mass is 32.2. The van der Waals surface area contributed by atoms with E-state index in [1.165, 1.54) is 28.6 Å². The molecular weight excluding hydrogens is 394 g/mol. The number of carbonyl (C=O) groups excluding carboxylic acids is 2. The van der Waals surface area contributed by atoms with E-state index in [-0.39, 0.29) is 22.8 Å². The van der Waals surface area contributed by atoms with Gasteiger partial charge in [0.25, 0.3) is 0 Å². The topological polar surface area (TPSA) is 90.0 Å². The summed E-state index contributed by atoms with van der Waals surface area (Å²) in [6.07, 6.45) is 0. The molecule has 0 spiro atoms. The van der Waals surface area contributed by atoms with E-state index < -0.39 is 16.0 Å². The Kier molecular flexibility index (Phi) is 6.46. The molecule has 1 aliphatic rings. The Morgan fingerprint density at radius 3 is 2.31 bits per heavy atom. The summed E-state index contributed by atoms with van der Waals surface area (Å²) in [5.41, 5.74) is 2.56. The fourth-order valence-electron chi connectivity index (χ4n) is 3.12. The van der Waals surface area contributed by atoms with E-state index in [4.69, 9.17) is 9.47 Å². The Labute approximate surface area is 170 Å². The van der Waals surface area contributed by atoms with Gasteiger partial charge in [-0.3, -0.25) is 4.79 Å². The third kappa shape index (κ3) is 4.90. The fourth-order valence-corrected chi connectivity index (χ4v) is 4.53. The van der Waals surface area contributed by atoms with E-state index in [1.54, 1.807) is 6.07 Å². The predicted molar refractivity (Wildman–Crippen MR) is 107 cm³/mol. The number of nitrogens with zero attached hydrogens (tertiary/aromatic N) is 1. The van der Waals surface area contributed by atoms with E-state index in [0.29, 0.717) is 31.9 Å². The Bertz CT molecular complexity index is 1010. The number of ether oxygens (including phenoxy) is 2. The molecule has 1 fully saturated rings. The number of aryl methyl sites for hydroxylation is 2. The quantitative estimate of drug-likeness (QED) is 0.529. The standard InChI is InChI=1S/C21H23NO6S/c1-15-3-8-19(16(2)13-15)20(23)14-28-21(24)17-4-6-18(7-5-17)29(25,26)22-9-11-27-12-10-22/h3-8,13H,9-12,14H2,1-2H3. The van der Waals surface area contributed by atoms with Gasteiger partial charge in [-0.25, -0.2) is 13.2 Å². The summed E-state index contributed by atoms with van der Waals surface area (Å²) in [5.74, 6) is -0.971. The Balaban J connectivity index is 1.63. The van der Waals surface area contributed by atoms with Gasteiger partial charge in [0.2, 0.25) is 15.8 Å². The smallest absolute Gasteiger partial charge is 0.338 e. The number of carbonyl (C=O) groups is 2. The zero-order chi connectivity index (χ0) is 21.0. The van der Waals surface area contributed by atoms with Gasteiger partial charge < -0.3 is 9.47 Å². The summed E-state index contributed by atoms with van der Waals surface area (Å²) in [4.78, 5) is 24.6. The van der Waals surface area contributed by atoms with Crippen molar-refractivity contribution in [2.75, 3.05) is 32.9 Å². The molecule has 8 heteroatoms. The van der Waals surface area contributed by atoms with Gasteiger partial charge in [0, 0.05) is 18.7 Å². The molecule has 1 heterocycles. The highest BCUT2D eigenvalue weighted by Gasteiger charge is 2.26. The number of benzene rings is 2. The highest BCUT2D eigenvalue weighted by molar-refractivity contribution is 7.89. The predicted octanol–water partition coefficient (Wildman–Crippen LogP) is 2.36. The minimum absolute atomic E-state index is 0.0994. The second-order valence-corrected chi connectivity index (χ2v) is 8.80. The van der Waals surface area contributed by atoms with Crippen LogP contribution in [0.1, 0.15) is 31.8 Å². The maximum atomic E-state index is 12.6. The molecule has 0 radical (unpaired) electrons. The molecule has 0 atom stereocenters. The first-order chi connectivity index (χ1) is 13.8. The summed E-state index contributed by atoms with van der Waals surface area (Å²) in [5, 5.41) is 0. The molecule has 3 rings (SSSR count). The van der Waals surface area contributed by atoms with Gasteiger partial charge in [0.1, 0.15) is 0 Å². The first-order valence-electron chi connectivity index (χ1n) is 9.24. The van der Waals surface area contributed by atoms with Crippen molar-refractivity contribution >= 4 is 21.8 Å². The van der Waals surface area contributed by atoms with Crippen molar-refractivity contribution in [3.63, 3.8) is 0 Å². The van der Waals surface area contributed by atoms with Crippen LogP contribution in [-0.4, -0.2) is 57.4 Å². The molecule has 29 heavy (non-hydrogen) atoms. The highest BCUT2D eigenvalue weighted by Crippen LogP contribution is 2.18. The van der Waals surface area contributed by atoms with Crippen molar-refractivity contribution in [2.45, 2.75) is 18.7 Å². The lowest BCUT2D eigenvalue weighted by Gasteiger charge is -2.26. The average Bonchev–Trinajstić information content (AvgIpc) is 2.72. The van der Waals surface area contributed by atoms with Crippen LogP contribution in [0.2, 0.25) is 0 Å². The van der Waals surface area contributed by atoms with Crippen LogP contribution in [0, 0.1) is 13.8 Å². The minimum atomic E-state index is -3.63. The van der Waals surface area contributed by atoms with Gasteiger partial charge in [-0.2, -0.15) is 4.31 Å². The summed E-state index contributed by atoms with van der Waals surface area (Å²) in [6, 6.07) is 10.9. The molecule has 0 N–H and O–H groups in total. The van der Waals surface area contributed by atoms with Crippen LogP contribution in [0.4, 0.5) is 0 Å². The molecule has 2 aromatic carbocycles. The van der Waals surface area contributed by atoms with Crippen molar-refractivity contribution in [1.82, 2.24) is 4.31 Å². The summed E-state index contributed by atoms with van der Waals surface area (Å²) < 4.78 is 36.8. The maximum absolute atomic E-state index is 12.6. The third-order valence-corrected chi connectivity index (χ3v) is 6.63. The lowest BCUT2D eigenvalue weighted by molar-refractivity contribution is 0.0474. The Morgan fingerprint density at radius 2 is 1.69 bits per heavy atom. The van der Waals surface area contributed by atoms with Gasteiger partial charge in [0.05, 0.1) is 23.7 Å². The number of morpholine rings is 1. The van der Waals surface area contributed by atoms with E-state index in [9.17, 15) is 18.0 Å². The van der Waals surface area contributed by atoms with Gasteiger partial charge in [-0.15, -0.1) is 0 Å². The number of sulfonamides is 1. The van der Waals surface area contributed by atoms with Gasteiger partial charge in [-0.1, -0.05) is 23.8 Å². The van der Waals surface area contributed by atoms with Crippen LogP contribution in [0.3, 0.4) is 0 Å². The summed E-state index contributed by atoms with van der Waals surface area (Å²) in [6.45, 7) is 4.70. The van der Waals surface area contributed by atoms with Crippen LogP contribution in [0.5, 0.6) is 0 Å². The second kappa shape index (κ2) is 8.86. The van der Waals surface area contributed by atoms with Gasteiger partial charge in [0.15, 0.2) is 6.61 Å². The summed E-state index contributed by atoms with van der Waals surface area (Å²) in [7, 11) is -3.63. The van der Waals surface area contributed by atoms with Crippen molar-refractivity contribution < 1.29 is 27.5 Å². The SMILES string of the molecule is Cc1ccc(C(=O)COC(=O)c2ccc(S(=O)(=O)N3CCOCC3)cc2)c(C)c1. The molecule has 1 aliphatic heterocycles. The molecule has 2 aromatic rings. The largest absolute Gasteiger partial charge is 0.454 e. The molecule has 0 aliphatic carbocycles. The van der Waals surface area contributed by atoms with E-state index in [2.05, 4.69) is 0 Å².